The molecule has 2 aliphatic rings. The van der Waals surface area contributed by atoms with E-state index < -0.39 is 31.4 Å². The van der Waals surface area contributed by atoms with E-state index in [-0.39, 0.29) is 39.3 Å². The number of benzene rings is 1. The van der Waals surface area contributed by atoms with Gasteiger partial charge in [0.15, 0.2) is 11.6 Å². The van der Waals surface area contributed by atoms with Gasteiger partial charge in [-0.3, -0.25) is 14.2 Å². The lowest BCUT2D eigenvalue weighted by Gasteiger charge is -2.26. The first-order chi connectivity index (χ1) is 16.5. The first-order valence-electron chi connectivity index (χ1n) is 10.6. The molecule has 184 valence electrons. The number of amidine groups is 1. The quantitative estimate of drug-likeness (QED) is 0.436. The maximum absolute atomic E-state index is 13.4. The third kappa shape index (κ3) is 4.56. The number of thiophene rings is 1. The first-order valence-corrected chi connectivity index (χ1v) is 14.9. The van der Waals surface area contributed by atoms with Crippen molar-refractivity contribution in [2.24, 2.45) is 10.9 Å². The monoisotopic (exact) mass is 535 g/mol. The van der Waals surface area contributed by atoms with Crippen molar-refractivity contribution < 1.29 is 21.9 Å². The van der Waals surface area contributed by atoms with Gasteiger partial charge in [-0.25, -0.2) is 26.5 Å². The lowest BCUT2D eigenvalue weighted by molar-refractivity contribution is 0.261. The molecule has 11 nitrogen and oxygen atoms in total. The molecule has 0 bridgehead atoms. The lowest BCUT2D eigenvalue weighted by atomic mass is 9.85. The topological polar surface area (TPSA) is 160 Å². The molecule has 0 atom stereocenters. The zero-order chi connectivity index (χ0) is 25.0. The second kappa shape index (κ2) is 8.46. The Kier molecular flexibility index (Phi) is 5.68. The third-order valence-corrected chi connectivity index (χ3v) is 8.64. The van der Waals surface area contributed by atoms with Gasteiger partial charge in [0.05, 0.1) is 16.8 Å². The smallest absolute Gasteiger partial charge is 0.281 e. The third-order valence-electron chi connectivity index (χ3n) is 5.79. The normalized spacial score (nSPS) is 17.1. The van der Waals surface area contributed by atoms with Gasteiger partial charge in [-0.2, -0.15) is 5.10 Å². The molecule has 14 heteroatoms. The van der Waals surface area contributed by atoms with E-state index in [1.807, 2.05) is 0 Å². The fourth-order valence-corrected chi connectivity index (χ4v) is 6.38. The molecular weight excluding hydrogens is 514 g/mol. The van der Waals surface area contributed by atoms with Crippen LogP contribution in [0.4, 0.5) is 11.4 Å². The molecule has 3 aromatic rings. The summed E-state index contributed by atoms with van der Waals surface area (Å²) in [5.74, 6) is -0.519. The summed E-state index contributed by atoms with van der Waals surface area (Å²) in [6.45, 7) is 0.349. The molecule has 1 aliphatic carbocycles. The van der Waals surface area contributed by atoms with Gasteiger partial charge >= 0.3 is 0 Å². The minimum atomic E-state index is -4.24. The van der Waals surface area contributed by atoms with Crippen LogP contribution in [0.25, 0.3) is 10.6 Å². The zero-order valence-corrected chi connectivity index (χ0v) is 20.9. The molecule has 1 aromatic carbocycles. The summed E-state index contributed by atoms with van der Waals surface area (Å²) in [5.41, 5.74) is -0.749. The van der Waals surface area contributed by atoms with Crippen LogP contribution in [0.5, 0.6) is 5.75 Å². The Morgan fingerprint density at radius 2 is 2.06 bits per heavy atom. The standard InChI is InChI=1S/C21H21N5O6S3/c1-34(29,30)24-13-7-8-14-16(10-13)35(31,32)25-20(22-14)17-19(27)18(15-6-3-9-33-15)23-26(21(17)28)11-12-4-2-5-12/h3,6-10,12,24,27H,2,4-5,11H2,1H3,(H,22,25). The van der Waals surface area contributed by atoms with E-state index >= 15 is 0 Å². The van der Waals surface area contributed by atoms with Crippen LogP contribution in [0.1, 0.15) is 24.8 Å². The number of nitrogens with one attached hydrogen (secondary N) is 2. The van der Waals surface area contributed by atoms with Crippen LogP contribution in [-0.2, 0) is 26.6 Å². The average Bonchev–Trinajstić information content (AvgIpc) is 3.25. The number of aliphatic imine (C=N–C) groups is 1. The highest BCUT2D eigenvalue weighted by atomic mass is 32.2. The number of fused-ring (bicyclic) bond motifs is 1. The van der Waals surface area contributed by atoms with Crippen molar-refractivity contribution in [3.05, 3.63) is 51.6 Å². The van der Waals surface area contributed by atoms with E-state index in [9.17, 15) is 26.7 Å². The Labute approximate surface area is 205 Å². The van der Waals surface area contributed by atoms with Crippen molar-refractivity contribution in [3.63, 3.8) is 0 Å². The predicted octanol–water partition coefficient (Wildman–Crippen LogP) is 2.22. The van der Waals surface area contributed by atoms with Crippen molar-refractivity contribution in [2.75, 3.05) is 11.0 Å². The highest BCUT2D eigenvalue weighted by Crippen LogP contribution is 2.36. The van der Waals surface area contributed by atoms with Gasteiger partial charge in [-0.1, -0.05) is 12.5 Å². The summed E-state index contributed by atoms with van der Waals surface area (Å²) >= 11 is 1.32. The Morgan fingerprint density at radius 1 is 1.29 bits per heavy atom. The molecule has 1 fully saturated rings. The van der Waals surface area contributed by atoms with Crippen molar-refractivity contribution >= 4 is 48.6 Å². The number of aromatic nitrogens is 2. The minimum absolute atomic E-state index is 0.00312. The van der Waals surface area contributed by atoms with E-state index in [0.717, 1.165) is 31.6 Å². The molecule has 35 heavy (non-hydrogen) atoms. The molecule has 3 heterocycles. The number of hydrogen-bond acceptors (Lipinski definition) is 9. The Morgan fingerprint density at radius 3 is 2.69 bits per heavy atom. The van der Waals surface area contributed by atoms with Gasteiger partial charge < -0.3 is 5.11 Å². The largest absolute Gasteiger partial charge is 0.505 e. The second-order valence-electron chi connectivity index (χ2n) is 8.46. The van der Waals surface area contributed by atoms with Gasteiger partial charge in [0.1, 0.15) is 16.2 Å². The number of nitrogens with zero attached hydrogens (tertiary/aromatic N) is 3. The number of anilines is 1. The first kappa shape index (κ1) is 23.5. The minimum Gasteiger partial charge on any atom is -0.505 e. The fraction of sp³-hybridized carbons (Fsp3) is 0.286. The van der Waals surface area contributed by atoms with Gasteiger partial charge in [-0.15, -0.1) is 11.3 Å². The summed E-state index contributed by atoms with van der Waals surface area (Å²) in [4.78, 5) is 18.0. The van der Waals surface area contributed by atoms with Crippen molar-refractivity contribution in [1.29, 1.82) is 0 Å². The Bertz CT molecular complexity index is 1620. The highest BCUT2D eigenvalue weighted by Gasteiger charge is 2.32. The van der Waals surface area contributed by atoms with Crippen LogP contribution in [0.2, 0.25) is 0 Å². The van der Waals surface area contributed by atoms with Crippen LogP contribution in [0.15, 0.2) is 50.4 Å². The summed E-state index contributed by atoms with van der Waals surface area (Å²) in [7, 11) is -7.87. The maximum Gasteiger partial charge on any atom is 0.281 e. The van der Waals surface area contributed by atoms with E-state index in [4.69, 9.17) is 0 Å². The molecular formula is C21H21N5O6S3. The van der Waals surface area contributed by atoms with Gasteiger partial charge in [0.2, 0.25) is 10.0 Å². The fourth-order valence-electron chi connectivity index (χ4n) is 3.93. The van der Waals surface area contributed by atoms with E-state index in [1.165, 1.54) is 28.2 Å². The van der Waals surface area contributed by atoms with Gasteiger partial charge in [0.25, 0.3) is 15.6 Å². The predicted molar refractivity (Wildman–Crippen MR) is 132 cm³/mol. The zero-order valence-electron chi connectivity index (χ0n) is 18.4. The number of sulfonamides is 2. The molecule has 0 radical (unpaired) electrons. The molecule has 5 rings (SSSR count). The molecule has 1 aliphatic heterocycles. The van der Waals surface area contributed by atoms with E-state index in [1.54, 1.807) is 17.5 Å². The number of hydrogen-bond donors (Lipinski definition) is 3. The van der Waals surface area contributed by atoms with Crippen LogP contribution in [0, 0.1) is 5.92 Å². The highest BCUT2D eigenvalue weighted by molar-refractivity contribution is 7.92. The van der Waals surface area contributed by atoms with Crippen LogP contribution >= 0.6 is 11.3 Å². The molecule has 3 N–H and O–H groups in total. The molecule has 0 unspecified atom stereocenters. The summed E-state index contributed by atoms with van der Waals surface area (Å²) in [6, 6.07) is 7.35. The van der Waals surface area contributed by atoms with Crippen LogP contribution < -0.4 is 15.0 Å². The number of aromatic hydroxyl groups is 1. The van der Waals surface area contributed by atoms with Gasteiger partial charge in [-0.05, 0) is 48.4 Å². The average molecular weight is 536 g/mol. The SMILES string of the molecule is CS(=O)(=O)Nc1ccc2c(c1)S(=O)(=O)NC(c1c(O)c(-c3cccs3)nn(CC3CCC3)c1=O)=N2. The van der Waals surface area contributed by atoms with E-state index in [0.29, 0.717) is 11.4 Å². The molecule has 0 amide bonds. The lowest BCUT2D eigenvalue weighted by Crippen LogP contribution is -2.40. The van der Waals surface area contributed by atoms with Crippen LogP contribution in [-0.4, -0.2) is 43.8 Å². The maximum atomic E-state index is 13.4. The molecule has 2 aromatic heterocycles. The van der Waals surface area contributed by atoms with Gasteiger partial charge in [0, 0.05) is 12.2 Å². The van der Waals surface area contributed by atoms with Crippen LogP contribution in [0.3, 0.4) is 0 Å². The van der Waals surface area contributed by atoms with Crippen molar-refractivity contribution in [3.8, 4) is 16.3 Å². The number of rotatable bonds is 6. The summed E-state index contributed by atoms with van der Waals surface area (Å²) in [5, 5.41) is 17.2. The summed E-state index contributed by atoms with van der Waals surface area (Å²) in [6.07, 6.45) is 3.94. The molecule has 0 spiro atoms. The molecule has 0 saturated heterocycles. The Balaban J connectivity index is 1.67. The van der Waals surface area contributed by atoms with E-state index in [2.05, 4.69) is 19.5 Å². The Hall–Kier alpha value is -3.23. The van der Waals surface area contributed by atoms with Crippen molar-refractivity contribution in [2.45, 2.75) is 30.7 Å². The summed E-state index contributed by atoms with van der Waals surface area (Å²) < 4.78 is 54.9. The van der Waals surface area contributed by atoms with Crippen molar-refractivity contribution in [1.82, 2.24) is 14.5 Å². The molecule has 1 saturated carbocycles. The second-order valence-corrected chi connectivity index (χ2v) is 12.8.